The lowest BCUT2D eigenvalue weighted by Crippen LogP contribution is -2.17. The zero-order chi connectivity index (χ0) is 17.3. The number of hydrogen-bond donors (Lipinski definition) is 0. The van der Waals surface area contributed by atoms with Crippen LogP contribution in [0.15, 0.2) is 53.5 Å². The number of aromatic nitrogens is 2. The van der Waals surface area contributed by atoms with Gasteiger partial charge in [-0.15, -0.1) is 0 Å². The van der Waals surface area contributed by atoms with Crippen LogP contribution in [0.25, 0.3) is 5.65 Å². The van der Waals surface area contributed by atoms with Crippen LogP contribution >= 0.6 is 11.6 Å². The van der Waals surface area contributed by atoms with E-state index in [1.54, 1.807) is 37.3 Å². The maximum Gasteiger partial charge on any atom is 0.258 e. The van der Waals surface area contributed by atoms with Crippen molar-refractivity contribution in [3.05, 3.63) is 81.1 Å². The molecule has 0 bridgehead atoms. The first-order valence-corrected chi connectivity index (χ1v) is 9.01. The molecule has 0 aliphatic heterocycles. The lowest BCUT2D eigenvalue weighted by Gasteiger charge is -2.12. The Labute approximate surface area is 145 Å². The van der Waals surface area contributed by atoms with Gasteiger partial charge in [0.1, 0.15) is 11.5 Å². The van der Waals surface area contributed by atoms with E-state index in [4.69, 9.17) is 11.6 Å². The van der Waals surface area contributed by atoms with Gasteiger partial charge in [0.15, 0.2) is 0 Å². The molecule has 3 rings (SSSR count). The van der Waals surface area contributed by atoms with Crippen LogP contribution in [-0.4, -0.2) is 13.6 Å². The molecule has 0 spiro atoms. The summed E-state index contributed by atoms with van der Waals surface area (Å²) in [5.41, 5.74) is 0.925. The Morgan fingerprint density at radius 2 is 2.04 bits per heavy atom. The molecule has 0 saturated carbocycles. The van der Waals surface area contributed by atoms with Gasteiger partial charge in [0.2, 0.25) is 0 Å². The number of rotatable bonds is 4. The Morgan fingerprint density at radius 3 is 2.79 bits per heavy atom. The summed E-state index contributed by atoms with van der Waals surface area (Å²) in [6.45, 7) is 1.70. The summed E-state index contributed by atoms with van der Waals surface area (Å²) in [6, 6.07) is 10.8. The van der Waals surface area contributed by atoms with Gasteiger partial charge >= 0.3 is 0 Å². The van der Waals surface area contributed by atoms with Crippen molar-refractivity contribution in [1.82, 2.24) is 9.38 Å². The Balaban J connectivity index is 1.89. The summed E-state index contributed by atoms with van der Waals surface area (Å²) in [5, 5.41) is -0.0763. The van der Waals surface area contributed by atoms with E-state index in [1.807, 2.05) is 0 Å². The predicted molar refractivity (Wildman–Crippen MR) is 93.1 cm³/mol. The predicted octanol–water partition coefficient (Wildman–Crippen LogP) is 3.50. The van der Waals surface area contributed by atoms with Crippen LogP contribution in [0.5, 0.6) is 0 Å². The zero-order valence-corrected chi connectivity index (χ0v) is 14.4. The highest BCUT2D eigenvalue weighted by molar-refractivity contribution is 7.84. The smallest absolute Gasteiger partial charge is 0.258 e. The Hall–Kier alpha value is -2.05. The first-order valence-electron chi connectivity index (χ1n) is 7.25. The van der Waals surface area contributed by atoms with Crippen molar-refractivity contribution >= 4 is 28.0 Å². The van der Waals surface area contributed by atoms with Crippen LogP contribution in [0.4, 0.5) is 4.39 Å². The maximum absolute atomic E-state index is 13.8. The number of halogens is 2. The summed E-state index contributed by atoms with van der Waals surface area (Å²) in [7, 11) is -1.41. The fourth-order valence-corrected chi connectivity index (χ4v) is 3.74. The minimum Gasteiger partial charge on any atom is -0.269 e. The molecule has 2 aromatic heterocycles. The second-order valence-electron chi connectivity index (χ2n) is 5.35. The molecule has 124 valence electrons. The largest absolute Gasteiger partial charge is 0.269 e. The topological polar surface area (TPSA) is 51.4 Å². The van der Waals surface area contributed by atoms with Crippen LogP contribution < -0.4 is 5.56 Å². The summed E-state index contributed by atoms with van der Waals surface area (Å²) in [4.78, 5) is 16.5. The Kier molecular flexibility index (Phi) is 4.78. The third-order valence-electron chi connectivity index (χ3n) is 3.70. The van der Waals surface area contributed by atoms with E-state index >= 15 is 0 Å². The fraction of sp³-hybridized carbons (Fsp3) is 0.176. The van der Waals surface area contributed by atoms with E-state index in [0.717, 1.165) is 0 Å². The van der Waals surface area contributed by atoms with Gasteiger partial charge in [-0.1, -0.05) is 29.8 Å². The molecule has 0 saturated heterocycles. The van der Waals surface area contributed by atoms with Crippen molar-refractivity contribution in [3.63, 3.8) is 0 Å². The molecule has 0 fully saturated rings. The minimum absolute atomic E-state index is 0.0733. The zero-order valence-electron chi connectivity index (χ0n) is 12.8. The lowest BCUT2D eigenvalue weighted by atomic mass is 10.1. The van der Waals surface area contributed by atoms with Gasteiger partial charge in [-0.3, -0.25) is 13.4 Å². The molecule has 1 aromatic carbocycles. The third-order valence-corrected chi connectivity index (χ3v) is 5.55. The van der Waals surface area contributed by atoms with E-state index in [1.165, 1.54) is 22.7 Å². The molecule has 0 unspecified atom stereocenters. The first kappa shape index (κ1) is 16.8. The van der Waals surface area contributed by atoms with Gasteiger partial charge in [0.25, 0.3) is 5.56 Å². The first-order chi connectivity index (χ1) is 11.5. The van der Waals surface area contributed by atoms with Gasteiger partial charge in [-0.25, -0.2) is 9.37 Å². The number of hydrogen-bond acceptors (Lipinski definition) is 3. The highest BCUT2D eigenvalue weighted by atomic mass is 35.5. The van der Waals surface area contributed by atoms with Crippen LogP contribution in [0.1, 0.15) is 23.4 Å². The second kappa shape index (κ2) is 6.83. The molecule has 2 atom stereocenters. The summed E-state index contributed by atoms with van der Waals surface area (Å²) < 4.78 is 27.7. The van der Waals surface area contributed by atoms with E-state index in [0.29, 0.717) is 21.9 Å². The van der Waals surface area contributed by atoms with Gasteiger partial charge in [0, 0.05) is 28.6 Å². The van der Waals surface area contributed by atoms with Crippen molar-refractivity contribution in [2.24, 2.45) is 0 Å². The number of fused-ring (bicyclic) bond motifs is 1. The Bertz CT molecular complexity index is 990. The van der Waals surface area contributed by atoms with Gasteiger partial charge in [0.05, 0.1) is 21.7 Å². The highest BCUT2D eigenvalue weighted by Gasteiger charge is 2.18. The molecule has 4 nitrogen and oxygen atoms in total. The van der Waals surface area contributed by atoms with Crippen LogP contribution in [0.3, 0.4) is 0 Å². The molecule has 3 aromatic rings. The summed E-state index contributed by atoms with van der Waals surface area (Å²) in [6.07, 6.45) is 1.48. The molecular formula is C17H14ClFN2O2S. The standard InChI is InChI=1S/C17H14ClFN2O2S/c1-11(14-4-2-3-5-15(14)19)24(23)10-13-8-17(22)21-9-12(18)6-7-16(21)20-13/h2-9,11H,10H2,1H3/t11-,24+/m1/s1. The second-order valence-corrected chi connectivity index (χ2v) is 7.54. The number of nitrogens with zero attached hydrogens (tertiary/aromatic N) is 2. The van der Waals surface area contributed by atoms with E-state index < -0.39 is 16.0 Å². The van der Waals surface area contributed by atoms with Crippen molar-refractivity contribution in [2.75, 3.05) is 0 Å². The van der Waals surface area contributed by atoms with Crippen molar-refractivity contribution < 1.29 is 8.60 Å². The fourth-order valence-electron chi connectivity index (χ4n) is 2.42. The number of benzene rings is 1. The average Bonchev–Trinajstić information content (AvgIpc) is 2.55. The van der Waals surface area contributed by atoms with Crippen molar-refractivity contribution in [2.45, 2.75) is 17.9 Å². The van der Waals surface area contributed by atoms with Crippen LogP contribution in [-0.2, 0) is 16.6 Å². The average molecular weight is 365 g/mol. The normalized spacial score (nSPS) is 13.8. The molecule has 24 heavy (non-hydrogen) atoms. The quantitative estimate of drug-likeness (QED) is 0.712. The molecule has 0 aliphatic rings. The summed E-state index contributed by atoms with van der Waals surface area (Å²) in [5.74, 6) is -0.316. The van der Waals surface area contributed by atoms with Gasteiger partial charge in [-0.2, -0.15) is 0 Å². The monoisotopic (exact) mass is 364 g/mol. The van der Waals surface area contributed by atoms with Crippen LogP contribution in [0, 0.1) is 5.82 Å². The third kappa shape index (κ3) is 3.39. The SMILES string of the molecule is C[C@H](c1ccccc1F)[S@@](=O)Cc1cc(=O)n2cc(Cl)ccc2n1. The lowest BCUT2D eigenvalue weighted by molar-refractivity contribution is 0.606. The van der Waals surface area contributed by atoms with Crippen molar-refractivity contribution in [3.8, 4) is 0 Å². The Morgan fingerprint density at radius 1 is 1.29 bits per heavy atom. The van der Waals surface area contributed by atoms with E-state index in [9.17, 15) is 13.4 Å². The van der Waals surface area contributed by atoms with Gasteiger partial charge in [-0.05, 0) is 25.1 Å². The van der Waals surface area contributed by atoms with E-state index in [-0.39, 0.29) is 17.1 Å². The molecule has 0 amide bonds. The summed E-state index contributed by atoms with van der Waals surface area (Å²) >= 11 is 5.87. The molecule has 0 N–H and O–H groups in total. The highest BCUT2D eigenvalue weighted by Crippen LogP contribution is 2.23. The molecule has 0 aliphatic carbocycles. The number of pyridine rings is 1. The minimum atomic E-state index is -1.41. The molecule has 0 radical (unpaired) electrons. The maximum atomic E-state index is 13.8. The van der Waals surface area contributed by atoms with E-state index in [2.05, 4.69) is 4.98 Å². The van der Waals surface area contributed by atoms with Crippen molar-refractivity contribution in [1.29, 1.82) is 0 Å². The van der Waals surface area contributed by atoms with Gasteiger partial charge < -0.3 is 0 Å². The molecular weight excluding hydrogens is 351 g/mol. The molecule has 2 heterocycles. The molecule has 7 heteroatoms. The van der Waals surface area contributed by atoms with Crippen LogP contribution in [0.2, 0.25) is 5.02 Å².